The van der Waals surface area contributed by atoms with E-state index in [2.05, 4.69) is 22.7 Å². The summed E-state index contributed by atoms with van der Waals surface area (Å²) in [5, 5.41) is 14.0. The molecule has 0 saturated heterocycles. The first kappa shape index (κ1) is 14.7. The van der Waals surface area contributed by atoms with Gasteiger partial charge in [0.2, 0.25) is 5.82 Å². The van der Waals surface area contributed by atoms with Crippen molar-refractivity contribution in [3.05, 3.63) is 57.6 Å². The summed E-state index contributed by atoms with van der Waals surface area (Å²) in [7, 11) is 0. The minimum Gasteiger partial charge on any atom is -0.360 e. The van der Waals surface area contributed by atoms with Gasteiger partial charge in [-0.3, -0.25) is 10.1 Å². The van der Waals surface area contributed by atoms with E-state index < -0.39 is 4.92 Å². The third kappa shape index (κ3) is 3.46. The molecule has 0 aliphatic rings. The Morgan fingerprint density at radius 1 is 1.24 bits per heavy atom. The van der Waals surface area contributed by atoms with Gasteiger partial charge >= 0.3 is 5.69 Å². The van der Waals surface area contributed by atoms with Crippen molar-refractivity contribution in [3.8, 4) is 0 Å². The van der Waals surface area contributed by atoms with Crippen LogP contribution in [0.4, 0.5) is 17.3 Å². The van der Waals surface area contributed by atoms with Gasteiger partial charge in [-0.2, -0.15) is 0 Å². The predicted molar refractivity (Wildman–Crippen MR) is 81.8 cm³/mol. The zero-order valence-electron chi connectivity index (χ0n) is 11.7. The average Bonchev–Trinajstić information content (AvgIpc) is 2.52. The molecule has 2 aromatic rings. The number of hydrogen-bond acceptors (Lipinski definition) is 6. The summed E-state index contributed by atoms with van der Waals surface area (Å²) in [5.41, 5.74) is 4.58. The van der Waals surface area contributed by atoms with Crippen LogP contribution in [0.1, 0.15) is 18.1 Å². The molecule has 0 unspecified atom stereocenters. The van der Waals surface area contributed by atoms with Crippen molar-refractivity contribution in [2.75, 3.05) is 10.7 Å². The lowest BCUT2D eigenvalue weighted by atomic mass is 10.1. The molecule has 2 rings (SSSR count). The maximum Gasteiger partial charge on any atom is 0.311 e. The molecule has 0 radical (unpaired) electrons. The van der Waals surface area contributed by atoms with Gasteiger partial charge in [-0.15, -0.1) is 0 Å². The summed E-state index contributed by atoms with van der Waals surface area (Å²) in [6.07, 6.45) is 0.901. The molecule has 1 heterocycles. The number of aryl methyl sites for hydroxylation is 1. The molecular weight excluding hydrogens is 270 g/mol. The highest BCUT2D eigenvalue weighted by Gasteiger charge is 2.15. The molecule has 0 amide bonds. The zero-order chi connectivity index (χ0) is 15.2. The smallest absolute Gasteiger partial charge is 0.311 e. The van der Waals surface area contributed by atoms with Crippen LogP contribution < -0.4 is 16.6 Å². The molecule has 4 N–H and O–H groups in total. The number of nitrogens with one attached hydrogen (secondary N) is 2. The van der Waals surface area contributed by atoms with Crippen molar-refractivity contribution >= 4 is 17.3 Å². The number of nitrogen functional groups attached to an aromatic ring is 1. The van der Waals surface area contributed by atoms with Crippen molar-refractivity contribution in [2.45, 2.75) is 19.9 Å². The Labute approximate surface area is 122 Å². The predicted octanol–water partition coefficient (Wildman–Crippen LogP) is 2.45. The number of nitro groups is 1. The summed E-state index contributed by atoms with van der Waals surface area (Å²) in [5.74, 6) is 5.85. The van der Waals surface area contributed by atoms with Crippen LogP contribution in [-0.4, -0.2) is 9.91 Å². The first-order valence-electron chi connectivity index (χ1n) is 6.58. The fourth-order valence-electron chi connectivity index (χ4n) is 2.06. The quantitative estimate of drug-likeness (QED) is 0.428. The summed E-state index contributed by atoms with van der Waals surface area (Å²) >= 11 is 0. The Bertz CT molecular complexity index is 645. The Balaban J connectivity index is 2.24. The van der Waals surface area contributed by atoms with Crippen LogP contribution in [0.25, 0.3) is 0 Å². The van der Waals surface area contributed by atoms with Crippen LogP contribution in [0.2, 0.25) is 0 Å². The summed E-state index contributed by atoms with van der Waals surface area (Å²) in [4.78, 5) is 14.7. The third-order valence-electron chi connectivity index (χ3n) is 3.16. The molecule has 0 bridgehead atoms. The lowest BCUT2D eigenvalue weighted by Gasteiger charge is -2.10. The Morgan fingerprint density at radius 2 is 1.95 bits per heavy atom. The lowest BCUT2D eigenvalue weighted by Crippen LogP contribution is -2.11. The number of hydrazine groups is 1. The number of hydrogen-bond donors (Lipinski definition) is 3. The summed E-state index contributed by atoms with van der Waals surface area (Å²) in [6, 6.07) is 10.8. The van der Waals surface area contributed by atoms with E-state index in [0.717, 1.165) is 12.0 Å². The highest BCUT2D eigenvalue weighted by Crippen LogP contribution is 2.24. The van der Waals surface area contributed by atoms with Crippen LogP contribution in [0.3, 0.4) is 0 Å². The second-order valence-corrected chi connectivity index (χ2v) is 4.44. The maximum atomic E-state index is 11.0. The monoisotopic (exact) mass is 287 g/mol. The molecule has 1 aromatic heterocycles. The molecule has 0 atom stereocenters. The number of pyridine rings is 1. The van der Waals surface area contributed by atoms with E-state index in [1.165, 1.54) is 17.7 Å². The van der Waals surface area contributed by atoms with Crippen molar-refractivity contribution < 1.29 is 4.92 Å². The fraction of sp³-hybridized carbons (Fsp3) is 0.214. The van der Waals surface area contributed by atoms with Gasteiger partial charge in [0, 0.05) is 12.6 Å². The first-order chi connectivity index (χ1) is 10.2. The molecule has 0 fully saturated rings. The van der Waals surface area contributed by atoms with Crippen LogP contribution in [0, 0.1) is 10.1 Å². The second-order valence-electron chi connectivity index (χ2n) is 4.44. The van der Waals surface area contributed by atoms with Gasteiger partial charge in [0.15, 0.2) is 0 Å². The molecule has 0 saturated carbocycles. The minimum atomic E-state index is -0.471. The number of nitrogens with two attached hydrogens (primary N) is 1. The molecule has 1 aromatic carbocycles. The molecule has 0 aliphatic carbocycles. The number of benzene rings is 1. The van der Waals surface area contributed by atoms with Crippen molar-refractivity contribution in [3.63, 3.8) is 0 Å². The van der Waals surface area contributed by atoms with Crippen LogP contribution in [0.5, 0.6) is 0 Å². The van der Waals surface area contributed by atoms with Crippen LogP contribution in [-0.2, 0) is 13.0 Å². The van der Waals surface area contributed by atoms with Crippen molar-refractivity contribution in [1.29, 1.82) is 0 Å². The summed E-state index contributed by atoms with van der Waals surface area (Å²) < 4.78 is 0. The lowest BCUT2D eigenvalue weighted by molar-refractivity contribution is -0.384. The van der Waals surface area contributed by atoms with Gasteiger partial charge in [-0.25, -0.2) is 10.8 Å². The molecule has 7 nitrogen and oxygen atoms in total. The highest BCUT2D eigenvalue weighted by atomic mass is 16.6. The van der Waals surface area contributed by atoms with E-state index in [0.29, 0.717) is 12.4 Å². The van der Waals surface area contributed by atoms with Gasteiger partial charge in [0.05, 0.1) is 4.92 Å². The first-order valence-corrected chi connectivity index (χ1v) is 6.58. The number of nitrogens with zero attached hydrogens (tertiary/aromatic N) is 2. The van der Waals surface area contributed by atoms with E-state index in [-0.39, 0.29) is 11.5 Å². The van der Waals surface area contributed by atoms with Gasteiger partial charge < -0.3 is 10.7 Å². The molecule has 0 aliphatic heterocycles. The minimum absolute atomic E-state index is 0.0806. The normalized spacial score (nSPS) is 10.2. The SMILES string of the molecule is CCc1ccccc1CNc1nc(NN)ccc1[N+](=O)[O-]. The molecule has 21 heavy (non-hydrogen) atoms. The van der Waals surface area contributed by atoms with E-state index in [1.54, 1.807) is 0 Å². The van der Waals surface area contributed by atoms with Crippen LogP contribution >= 0.6 is 0 Å². The highest BCUT2D eigenvalue weighted by molar-refractivity contribution is 5.60. The number of rotatable bonds is 6. The van der Waals surface area contributed by atoms with Gasteiger partial charge in [0.25, 0.3) is 0 Å². The molecule has 110 valence electrons. The number of anilines is 2. The molecule has 0 spiro atoms. The van der Waals surface area contributed by atoms with Crippen molar-refractivity contribution in [1.82, 2.24) is 4.98 Å². The van der Waals surface area contributed by atoms with E-state index in [4.69, 9.17) is 5.84 Å². The van der Waals surface area contributed by atoms with Gasteiger partial charge in [-0.05, 0) is 23.6 Å². The molecular formula is C14H17N5O2. The Hall–Kier alpha value is -2.67. The van der Waals surface area contributed by atoms with Gasteiger partial charge in [0.1, 0.15) is 5.82 Å². The molecule has 7 heteroatoms. The Kier molecular flexibility index (Phi) is 4.68. The summed E-state index contributed by atoms with van der Waals surface area (Å²) in [6.45, 7) is 2.53. The number of aromatic nitrogens is 1. The third-order valence-corrected chi connectivity index (χ3v) is 3.16. The largest absolute Gasteiger partial charge is 0.360 e. The second kappa shape index (κ2) is 6.67. The topological polar surface area (TPSA) is 106 Å². The van der Waals surface area contributed by atoms with E-state index in [1.807, 2.05) is 24.3 Å². The van der Waals surface area contributed by atoms with E-state index in [9.17, 15) is 10.1 Å². The van der Waals surface area contributed by atoms with Crippen molar-refractivity contribution in [2.24, 2.45) is 5.84 Å². The van der Waals surface area contributed by atoms with Gasteiger partial charge in [-0.1, -0.05) is 31.2 Å². The standard InChI is InChI=1S/C14H17N5O2/c1-2-10-5-3-4-6-11(10)9-16-14-12(19(20)21)7-8-13(17-14)18-15/h3-8H,2,9,15H2,1H3,(H2,16,17,18). The Morgan fingerprint density at radius 3 is 2.57 bits per heavy atom. The van der Waals surface area contributed by atoms with E-state index >= 15 is 0 Å². The van der Waals surface area contributed by atoms with Crippen LogP contribution in [0.15, 0.2) is 36.4 Å². The average molecular weight is 287 g/mol. The fourth-order valence-corrected chi connectivity index (χ4v) is 2.06. The zero-order valence-corrected chi connectivity index (χ0v) is 11.7. The maximum absolute atomic E-state index is 11.0.